The zero-order chi connectivity index (χ0) is 13.4. The van der Waals surface area contributed by atoms with Gasteiger partial charge in [0.15, 0.2) is 0 Å². The van der Waals surface area contributed by atoms with Gasteiger partial charge in [-0.2, -0.15) is 0 Å². The van der Waals surface area contributed by atoms with E-state index < -0.39 is 0 Å². The first-order valence-electron chi connectivity index (χ1n) is 6.27. The molecule has 4 heteroatoms. The third-order valence-electron chi connectivity index (χ3n) is 2.95. The molecule has 102 valence electrons. The van der Waals surface area contributed by atoms with Gasteiger partial charge in [-0.25, -0.2) is 0 Å². The summed E-state index contributed by atoms with van der Waals surface area (Å²) in [6, 6.07) is 5.82. The van der Waals surface area contributed by atoms with Crippen LogP contribution in [0, 0.1) is 0 Å². The molecule has 0 saturated carbocycles. The zero-order valence-electron chi connectivity index (χ0n) is 11.5. The van der Waals surface area contributed by atoms with Crippen molar-refractivity contribution in [2.75, 3.05) is 39.3 Å². The minimum absolute atomic E-state index is 0.273. The fourth-order valence-electron chi connectivity index (χ4n) is 1.86. The summed E-state index contributed by atoms with van der Waals surface area (Å²) < 4.78 is 10.6. The minimum atomic E-state index is 0.273. The number of hydrogen-bond acceptors (Lipinski definition) is 4. The number of hydrogen-bond donors (Lipinski definition) is 1. The standard InChI is InChI=1S/C14H23NO3/c1-15(9-5-4-6-10-16)13-8-7-12(17-2)11-14(13)18-3/h7-8,11,16H,4-6,9-10H2,1-3H3. The number of ether oxygens (including phenoxy) is 2. The van der Waals surface area contributed by atoms with E-state index in [4.69, 9.17) is 14.6 Å². The molecule has 4 nitrogen and oxygen atoms in total. The number of anilines is 1. The highest BCUT2D eigenvalue weighted by molar-refractivity contribution is 5.60. The summed E-state index contributed by atoms with van der Waals surface area (Å²) in [6.45, 7) is 1.22. The van der Waals surface area contributed by atoms with Gasteiger partial charge >= 0.3 is 0 Å². The maximum Gasteiger partial charge on any atom is 0.145 e. The molecule has 0 spiro atoms. The fourth-order valence-corrected chi connectivity index (χ4v) is 1.86. The van der Waals surface area contributed by atoms with E-state index in [-0.39, 0.29) is 6.61 Å². The summed E-state index contributed by atoms with van der Waals surface area (Å²) in [5.74, 6) is 1.61. The highest BCUT2D eigenvalue weighted by Gasteiger charge is 2.09. The predicted octanol–water partition coefficient (Wildman–Crippen LogP) is 2.30. The number of methoxy groups -OCH3 is 2. The van der Waals surface area contributed by atoms with Gasteiger partial charge in [0.05, 0.1) is 19.9 Å². The monoisotopic (exact) mass is 253 g/mol. The number of aliphatic hydroxyl groups is 1. The summed E-state index contributed by atoms with van der Waals surface area (Å²) in [6.07, 6.45) is 2.97. The first-order valence-corrected chi connectivity index (χ1v) is 6.27. The van der Waals surface area contributed by atoms with Crippen molar-refractivity contribution in [2.45, 2.75) is 19.3 Å². The quantitative estimate of drug-likeness (QED) is 0.722. The number of unbranched alkanes of at least 4 members (excludes halogenated alkanes) is 2. The molecule has 0 heterocycles. The third-order valence-corrected chi connectivity index (χ3v) is 2.95. The molecule has 1 rings (SSSR count). The van der Waals surface area contributed by atoms with Crippen molar-refractivity contribution in [2.24, 2.45) is 0 Å². The van der Waals surface area contributed by atoms with Crippen LogP contribution in [-0.2, 0) is 0 Å². The van der Waals surface area contributed by atoms with E-state index in [0.717, 1.165) is 43.0 Å². The minimum Gasteiger partial charge on any atom is -0.497 e. The molecule has 1 aromatic rings. The Labute approximate surface area is 109 Å². The van der Waals surface area contributed by atoms with Crippen molar-refractivity contribution in [3.05, 3.63) is 18.2 Å². The summed E-state index contributed by atoms with van der Waals surface area (Å²) in [5.41, 5.74) is 1.06. The average molecular weight is 253 g/mol. The highest BCUT2D eigenvalue weighted by Crippen LogP contribution is 2.31. The Bertz CT molecular complexity index is 355. The van der Waals surface area contributed by atoms with Gasteiger partial charge in [0.1, 0.15) is 11.5 Å². The molecule has 0 aliphatic rings. The maximum absolute atomic E-state index is 8.74. The van der Waals surface area contributed by atoms with Gasteiger partial charge in [-0.05, 0) is 31.4 Å². The maximum atomic E-state index is 8.74. The number of aliphatic hydroxyl groups excluding tert-OH is 1. The summed E-state index contributed by atoms with van der Waals surface area (Å²) in [4.78, 5) is 2.16. The van der Waals surface area contributed by atoms with Crippen LogP contribution in [0.2, 0.25) is 0 Å². The number of benzene rings is 1. The van der Waals surface area contributed by atoms with E-state index in [1.165, 1.54) is 0 Å². The summed E-state index contributed by atoms with van der Waals surface area (Å²) in [5, 5.41) is 8.74. The first-order chi connectivity index (χ1) is 8.72. The lowest BCUT2D eigenvalue weighted by Crippen LogP contribution is -2.19. The Kier molecular flexibility index (Phi) is 6.36. The van der Waals surface area contributed by atoms with Crippen LogP contribution < -0.4 is 14.4 Å². The van der Waals surface area contributed by atoms with Crippen molar-refractivity contribution in [1.29, 1.82) is 0 Å². The Hall–Kier alpha value is -1.42. The van der Waals surface area contributed by atoms with E-state index in [0.29, 0.717) is 0 Å². The smallest absolute Gasteiger partial charge is 0.145 e. The van der Waals surface area contributed by atoms with Crippen molar-refractivity contribution in [3.63, 3.8) is 0 Å². The van der Waals surface area contributed by atoms with E-state index in [9.17, 15) is 0 Å². The molecule has 0 aliphatic carbocycles. The molecule has 0 radical (unpaired) electrons. The van der Waals surface area contributed by atoms with E-state index in [1.807, 2.05) is 25.2 Å². The zero-order valence-corrected chi connectivity index (χ0v) is 11.5. The van der Waals surface area contributed by atoms with Crippen LogP contribution in [0.1, 0.15) is 19.3 Å². The van der Waals surface area contributed by atoms with Crippen LogP contribution in [0.3, 0.4) is 0 Å². The lowest BCUT2D eigenvalue weighted by Gasteiger charge is -2.22. The molecular formula is C14H23NO3. The van der Waals surface area contributed by atoms with Crippen molar-refractivity contribution >= 4 is 5.69 Å². The molecule has 18 heavy (non-hydrogen) atoms. The predicted molar refractivity (Wildman–Crippen MR) is 73.8 cm³/mol. The van der Waals surface area contributed by atoms with E-state index in [1.54, 1.807) is 14.2 Å². The third kappa shape index (κ3) is 4.11. The van der Waals surface area contributed by atoms with Gasteiger partial charge in [0.2, 0.25) is 0 Å². The van der Waals surface area contributed by atoms with Crippen molar-refractivity contribution < 1.29 is 14.6 Å². The molecule has 0 saturated heterocycles. The second kappa shape index (κ2) is 7.82. The van der Waals surface area contributed by atoms with Crippen molar-refractivity contribution in [1.82, 2.24) is 0 Å². The Morgan fingerprint density at radius 3 is 2.50 bits per heavy atom. The molecule has 0 aromatic heterocycles. The Balaban J connectivity index is 2.63. The van der Waals surface area contributed by atoms with Crippen LogP contribution in [0.15, 0.2) is 18.2 Å². The van der Waals surface area contributed by atoms with E-state index >= 15 is 0 Å². The average Bonchev–Trinajstić information content (AvgIpc) is 2.42. The van der Waals surface area contributed by atoms with Gasteiger partial charge in [0, 0.05) is 26.3 Å². The molecular weight excluding hydrogens is 230 g/mol. The van der Waals surface area contributed by atoms with Gasteiger partial charge in [-0.1, -0.05) is 0 Å². The van der Waals surface area contributed by atoms with Crippen molar-refractivity contribution in [3.8, 4) is 11.5 Å². The molecule has 0 aliphatic heterocycles. The topological polar surface area (TPSA) is 41.9 Å². The van der Waals surface area contributed by atoms with Crippen LogP contribution in [0.5, 0.6) is 11.5 Å². The first kappa shape index (κ1) is 14.6. The summed E-state index contributed by atoms with van der Waals surface area (Å²) >= 11 is 0. The second-order valence-electron chi connectivity index (χ2n) is 4.24. The number of nitrogens with zero attached hydrogens (tertiary/aromatic N) is 1. The van der Waals surface area contributed by atoms with Crippen LogP contribution >= 0.6 is 0 Å². The molecule has 0 bridgehead atoms. The molecule has 0 fully saturated rings. The van der Waals surface area contributed by atoms with Crippen LogP contribution in [-0.4, -0.2) is 39.5 Å². The van der Waals surface area contributed by atoms with Gasteiger partial charge < -0.3 is 19.5 Å². The summed E-state index contributed by atoms with van der Waals surface area (Å²) in [7, 11) is 5.36. The lowest BCUT2D eigenvalue weighted by atomic mass is 10.2. The normalized spacial score (nSPS) is 10.2. The second-order valence-corrected chi connectivity index (χ2v) is 4.24. The molecule has 0 atom stereocenters. The molecule has 1 aromatic carbocycles. The SMILES string of the molecule is COc1ccc(N(C)CCCCCO)c(OC)c1. The fraction of sp³-hybridized carbons (Fsp3) is 0.571. The van der Waals surface area contributed by atoms with Crippen LogP contribution in [0.25, 0.3) is 0 Å². The van der Waals surface area contributed by atoms with Gasteiger partial charge in [0.25, 0.3) is 0 Å². The lowest BCUT2D eigenvalue weighted by molar-refractivity contribution is 0.283. The van der Waals surface area contributed by atoms with Gasteiger partial charge in [-0.3, -0.25) is 0 Å². The highest BCUT2D eigenvalue weighted by atomic mass is 16.5. The Morgan fingerprint density at radius 1 is 1.11 bits per heavy atom. The molecule has 1 N–H and O–H groups in total. The van der Waals surface area contributed by atoms with Crippen LogP contribution in [0.4, 0.5) is 5.69 Å². The van der Waals surface area contributed by atoms with E-state index in [2.05, 4.69) is 4.90 Å². The van der Waals surface area contributed by atoms with Gasteiger partial charge in [-0.15, -0.1) is 0 Å². The number of rotatable bonds is 8. The molecule has 0 unspecified atom stereocenters. The largest absolute Gasteiger partial charge is 0.497 e. The molecule has 0 amide bonds. The Morgan fingerprint density at radius 2 is 1.89 bits per heavy atom.